The van der Waals surface area contributed by atoms with Crippen LogP contribution in [0.5, 0.6) is 0 Å². The van der Waals surface area contributed by atoms with Gasteiger partial charge in [0.25, 0.3) is 11.6 Å². The Morgan fingerprint density at radius 1 is 0.970 bits per heavy atom. The van der Waals surface area contributed by atoms with E-state index in [1.165, 1.54) is 30.5 Å². The van der Waals surface area contributed by atoms with E-state index in [1.807, 2.05) is 59.2 Å². The zero-order chi connectivity index (χ0) is 23.2. The van der Waals surface area contributed by atoms with Crippen molar-refractivity contribution in [3.63, 3.8) is 0 Å². The summed E-state index contributed by atoms with van der Waals surface area (Å²) in [5.74, 6) is -0.663. The summed E-state index contributed by atoms with van der Waals surface area (Å²) in [6.07, 6.45) is 3.29. The van der Waals surface area contributed by atoms with Gasteiger partial charge in [0.2, 0.25) is 5.91 Å². The number of fused-ring (bicyclic) bond motifs is 1. The van der Waals surface area contributed by atoms with Crippen LogP contribution in [0.2, 0.25) is 0 Å². The highest BCUT2D eigenvalue weighted by Crippen LogP contribution is 2.20. The van der Waals surface area contributed by atoms with Gasteiger partial charge in [0.15, 0.2) is 0 Å². The number of aromatic nitrogens is 1. The maximum atomic E-state index is 12.5. The Morgan fingerprint density at radius 3 is 2.39 bits per heavy atom. The number of hydrazone groups is 1. The summed E-state index contributed by atoms with van der Waals surface area (Å²) in [6.45, 7) is 0.110. The van der Waals surface area contributed by atoms with Crippen molar-refractivity contribution in [3.05, 3.63) is 106 Å². The molecular weight excluding hydrogens is 422 g/mol. The molecule has 0 radical (unpaired) electrons. The van der Waals surface area contributed by atoms with Crippen molar-refractivity contribution in [1.82, 2.24) is 9.99 Å². The molecule has 0 aliphatic carbocycles. The molecule has 0 fully saturated rings. The van der Waals surface area contributed by atoms with Crippen LogP contribution in [0.15, 0.2) is 90.2 Å². The Morgan fingerprint density at radius 2 is 1.67 bits per heavy atom. The number of carbonyl (C=O) groups excluding carboxylic acids is 2. The molecule has 0 aliphatic rings. The van der Waals surface area contributed by atoms with E-state index in [0.717, 1.165) is 22.2 Å². The number of nitrogens with one attached hydrogen (secondary N) is 2. The van der Waals surface area contributed by atoms with E-state index < -0.39 is 10.8 Å². The van der Waals surface area contributed by atoms with Gasteiger partial charge in [-0.05, 0) is 30.3 Å². The highest BCUT2D eigenvalue weighted by atomic mass is 16.6. The molecule has 0 saturated heterocycles. The zero-order valence-electron chi connectivity index (χ0n) is 17.3. The molecule has 0 spiro atoms. The first-order valence-electron chi connectivity index (χ1n) is 10.0. The van der Waals surface area contributed by atoms with Gasteiger partial charge < -0.3 is 9.88 Å². The second kappa shape index (κ2) is 9.56. The van der Waals surface area contributed by atoms with Gasteiger partial charge in [0.05, 0.1) is 11.1 Å². The maximum absolute atomic E-state index is 12.5. The molecule has 0 unspecified atom stereocenters. The monoisotopic (exact) mass is 441 g/mol. The lowest BCUT2D eigenvalue weighted by Crippen LogP contribution is -2.18. The number of anilines is 1. The molecule has 2 amide bonds. The third-order valence-corrected chi connectivity index (χ3v) is 4.90. The van der Waals surface area contributed by atoms with Crippen molar-refractivity contribution in [2.75, 3.05) is 5.32 Å². The maximum Gasteiger partial charge on any atom is 0.271 e. The first kappa shape index (κ1) is 21.4. The summed E-state index contributed by atoms with van der Waals surface area (Å²) in [5, 5.41) is 18.5. The Labute approximate surface area is 188 Å². The average Bonchev–Trinajstić information content (AvgIpc) is 3.17. The highest BCUT2D eigenvalue weighted by molar-refractivity contribution is 6.01. The lowest BCUT2D eigenvalue weighted by molar-refractivity contribution is -0.384. The largest absolute Gasteiger partial charge is 0.337 e. The topological polar surface area (TPSA) is 119 Å². The average molecular weight is 441 g/mol. The van der Waals surface area contributed by atoms with E-state index in [4.69, 9.17) is 0 Å². The van der Waals surface area contributed by atoms with Gasteiger partial charge >= 0.3 is 0 Å². The SMILES string of the molecule is O=C(Cn1cc(/C=N\NC(=O)c2ccc([N+](=O)[O-])cc2)c2ccccc21)Nc1ccccc1. The van der Waals surface area contributed by atoms with Crippen molar-refractivity contribution in [1.29, 1.82) is 0 Å². The predicted molar refractivity (Wildman–Crippen MR) is 125 cm³/mol. The first-order chi connectivity index (χ1) is 16.0. The van der Waals surface area contributed by atoms with E-state index in [0.29, 0.717) is 0 Å². The molecule has 0 atom stereocenters. The van der Waals surface area contributed by atoms with Gasteiger partial charge in [0.1, 0.15) is 6.54 Å². The Balaban J connectivity index is 1.47. The molecule has 0 aliphatic heterocycles. The second-order valence-electron chi connectivity index (χ2n) is 7.15. The number of amides is 2. The molecule has 4 aromatic rings. The minimum atomic E-state index is -0.532. The van der Waals surface area contributed by atoms with Crippen LogP contribution in [-0.2, 0) is 11.3 Å². The van der Waals surface area contributed by atoms with Gasteiger partial charge in [-0.1, -0.05) is 36.4 Å². The van der Waals surface area contributed by atoms with E-state index in [-0.39, 0.29) is 23.7 Å². The summed E-state index contributed by atoms with van der Waals surface area (Å²) in [7, 11) is 0. The molecule has 164 valence electrons. The van der Waals surface area contributed by atoms with Crippen LogP contribution in [0.25, 0.3) is 10.9 Å². The van der Waals surface area contributed by atoms with Crippen LogP contribution in [0.4, 0.5) is 11.4 Å². The van der Waals surface area contributed by atoms with Gasteiger partial charge in [-0.15, -0.1) is 0 Å². The molecule has 4 rings (SSSR count). The number of nitrogens with zero attached hydrogens (tertiary/aromatic N) is 3. The van der Waals surface area contributed by atoms with Crippen LogP contribution < -0.4 is 10.7 Å². The lowest BCUT2D eigenvalue weighted by Gasteiger charge is -2.07. The summed E-state index contributed by atoms with van der Waals surface area (Å²) in [5.41, 5.74) is 4.86. The van der Waals surface area contributed by atoms with E-state index in [9.17, 15) is 19.7 Å². The third-order valence-electron chi connectivity index (χ3n) is 4.90. The number of nitro groups is 1. The minimum absolute atomic E-state index is 0.0980. The molecule has 1 aromatic heterocycles. The van der Waals surface area contributed by atoms with Gasteiger partial charge in [-0.25, -0.2) is 5.43 Å². The van der Waals surface area contributed by atoms with Crippen molar-refractivity contribution >= 4 is 40.3 Å². The fourth-order valence-corrected chi connectivity index (χ4v) is 3.35. The van der Waals surface area contributed by atoms with Crippen LogP contribution in [0.1, 0.15) is 15.9 Å². The number of benzene rings is 3. The van der Waals surface area contributed by atoms with E-state index in [1.54, 1.807) is 6.20 Å². The molecule has 9 heteroatoms. The molecule has 2 N–H and O–H groups in total. The summed E-state index contributed by atoms with van der Waals surface area (Å²) in [6, 6.07) is 22.0. The van der Waals surface area contributed by atoms with Gasteiger partial charge in [-0.2, -0.15) is 5.10 Å². The molecule has 1 heterocycles. The minimum Gasteiger partial charge on any atom is -0.337 e. The number of non-ortho nitro benzene ring substituents is 1. The number of hydrogen-bond donors (Lipinski definition) is 2. The lowest BCUT2D eigenvalue weighted by atomic mass is 10.2. The van der Waals surface area contributed by atoms with Crippen molar-refractivity contribution < 1.29 is 14.5 Å². The number of hydrogen-bond acceptors (Lipinski definition) is 5. The second-order valence-corrected chi connectivity index (χ2v) is 7.15. The van der Waals surface area contributed by atoms with Crippen LogP contribution >= 0.6 is 0 Å². The Bertz CT molecular complexity index is 1340. The summed E-state index contributed by atoms with van der Waals surface area (Å²) in [4.78, 5) is 34.9. The van der Waals surface area contributed by atoms with Crippen LogP contribution in [-0.4, -0.2) is 27.5 Å². The van der Waals surface area contributed by atoms with Crippen molar-refractivity contribution in [2.24, 2.45) is 5.10 Å². The predicted octanol–water partition coefficient (Wildman–Crippen LogP) is 3.95. The van der Waals surface area contributed by atoms with Crippen molar-refractivity contribution in [2.45, 2.75) is 6.54 Å². The van der Waals surface area contributed by atoms with E-state index >= 15 is 0 Å². The van der Waals surface area contributed by atoms with Crippen LogP contribution in [0.3, 0.4) is 0 Å². The number of para-hydroxylation sites is 2. The third kappa shape index (κ3) is 5.10. The number of nitro benzene ring substituents is 1. The fourth-order valence-electron chi connectivity index (χ4n) is 3.35. The molecule has 3 aromatic carbocycles. The molecule has 0 bridgehead atoms. The molecular formula is C24H19N5O4. The molecule has 33 heavy (non-hydrogen) atoms. The van der Waals surface area contributed by atoms with Gasteiger partial charge in [0, 0.05) is 46.0 Å². The first-order valence-corrected chi connectivity index (χ1v) is 10.0. The Hall–Kier alpha value is -4.79. The molecule has 9 nitrogen and oxygen atoms in total. The van der Waals surface area contributed by atoms with Gasteiger partial charge in [-0.3, -0.25) is 19.7 Å². The van der Waals surface area contributed by atoms with E-state index in [2.05, 4.69) is 15.8 Å². The van der Waals surface area contributed by atoms with Crippen molar-refractivity contribution in [3.8, 4) is 0 Å². The van der Waals surface area contributed by atoms with Crippen LogP contribution in [0, 0.1) is 10.1 Å². The normalized spacial score (nSPS) is 10.9. The number of rotatable bonds is 7. The Kier molecular flexibility index (Phi) is 6.21. The quantitative estimate of drug-likeness (QED) is 0.256. The summed E-state index contributed by atoms with van der Waals surface area (Å²) >= 11 is 0. The molecule has 0 saturated carbocycles. The highest BCUT2D eigenvalue weighted by Gasteiger charge is 2.11. The smallest absolute Gasteiger partial charge is 0.271 e. The fraction of sp³-hybridized carbons (Fsp3) is 0.0417. The standard InChI is InChI=1S/C24H19N5O4/c30-23(26-19-6-2-1-3-7-19)16-28-15-18(21-8-4-5-9-22(21)28)14-25-27-24(31)17-10-12-20(13-11-17)29(32)33/h1-15H,16H2,(H,26,30)(H,27,31)/b25-14-. The summed E-state index contributed by atoms with van der Waals surface area (Å²) < 4.78 is 1.81. The zero-order valence-corrected chi connectivity index (χ0v) is 17.3. The number of carbonyl (C=O) groups is 2.